The lowest BCUT2D eigenvalue weighted by atomic mass is 10.2. The van der Waals surface area contributed by atoms with Crippen LogP contribution in [0.25, 0.3) is 0 Å². The van der Waals surface area contributed by atoms with Gasteiger partial charge < -0.3 is 5.32 Å². The molecule has 0 saturated heterocycles. The Labute approximate surface area is 109 Å². The Morgan fingerprint density at radius 3 is 2.82 bits per heavy atom. The summed E-state index contributed by atoms with van der Waals surface area (Å²) < 4.78 is 0.748. The van der Waals surface area contributed by atoms with E-state index in [4.69, 9.17) is 0 Å². The zero-order chi connectivity index (χ0) is 12.3. The van der Waals surface area contributed by atoms with Crippen LogP contribution in [-0.4, -0.2) is 11.5 Å². The minimum Gasteiger partial charge on any atom is -0.384 e. The molecule has 0 bridgehead atoms. The van der Waals surface area contributed by atoms with Crippen LogP contribution in [0.4, 0.5) is 11.4 Å². The van der Waals surface area contributed by atoms with Gasteiger partial charge in [0, 0.05) is 28.8 Å². The van der Waals surface area contributed by atoms with Gasteiger partial charge in [-0.2, -0.15) is 0 Å². The predicted octanol–water partition coefficient (Wildman–Crippen LogP) is 3.96. The maximum absolute atomic E-state index is 10.6. The smallest absolute Gasteiger partial charge is 0.270 e. The van der Waals surface area contributed by atoms with Crippen LogP contribution in [0.2, 0.25) is 0 Å². The summed E-state index contributed by atoms with van der Waals surface area (Å²) in [6, 6.07) is 4.80. The van der Waals surface area contributed by atoms with E-state index in [-0.39, 0.29) is 10.6 Å². The van der Waals surface area contributed by atoms with E-state index < -0.39 is 0 Å². The van der Waals surface area contributed by atoms with Crippen LogP contribution in [0, 0.1) is 16.0 Å². The Balaban J connectivity index is 1.84. The number of nitro groups is 1. The third-order valence-corrected chi connectivity index (χ3v) is 3.62. The molecule has 92 valence electrons. The molecule has 0 aliphatic heterocycles. The lowest BCUT2D eigenvalue weighted by Gasteiger charge is -2.07. The second kappa shape index (κ2) is 5.49. The van der Waals surface area contributed by atoms with E-state index in [1.807, 2.05) is 0 Å². The normalized spacial score (nSPS) is 14.6. The number of hydrogen-bond donors (Lipinski definition) is 1. The van der Waals surface area contributed by atoms with Crippen LogP contribution in [0.5, 0.6) is 0 Å². The minimum atomic E-state index is -0.387. The molecule has 1 N–H and O–H groups in total. The zero-order valence-electron chi connectivity index (χ0n) is 9.49. The van der Waals surface area contributed by atoms with Gasteiger partial charge in [-0.3, -0.25) is 10.1 Å². The summed E-state index contributed by atoms with van der Waals surface area (Å²) in [7, 11) is 0. The Kier molecular flexibility index (Phi) is 3.99. The monoisotopic (exact) mass is 298 g/mol. The maximum Gasteiger partial charge on any atom is 0.270 e. The van der Waals surface area contributed by atoms with Gasteiger partial charge in [-0.05, 0) is 40.8 Å². The van der Waals surface area contributed by atoms with E-state index in [2.05, 4.69) is 21.2 Å². The number of benzene rings is 1. The Morgan fingerprint density at radius 2 is 2.24 bits per heavy atom. The van der Waals surface area contributed by atoms with Crippen LogP contribution < -0.4 is 5.32 Å². The van der Waals surface area contributed by atoms with Crippen molar-refractivity contribution < 1.29 is 4.92 Å². The number of nitrogens with zero attached hydrogens (tertiary/aromatic N) is 1. The molecule has 0 aromatic heterocycles. The summed E-state index contributed by atoms with van der Waals surface area (Å²) in [4.78, 5) is 10.2. The maximum atomic E-state index is 10.6. The molecule has 17 heavy (non-hydrogen) atoms. The highest BCUT2D eigenvalue weighted by atomic mass is 79.9. The number of anilines is 1. The van der Waals surface area contributed by atoms with E-state index in [0.717, 1.165) is 29.0 Å². The second-order valence-electron chi connectivity index (χ2n) is 4.43. The van der Waals surface area contributed by atoms with Crippen molar-refractivity contribution in [1.29, 1.82) is 0 Å². The summed E-state index contributed by atoms with van der Waals surface area (Å²) >= 11 is 3.34. The number of hydrogen-bond acceptors (Lipinski definition) is 3. The first-order chi connectivity index (χ1) is 8.16. The molecular formula is C12H15BrN2O2. The van der Waals surface area contributed by atoms with Gasteiger partial charge in [0.25, 0.3) is 5.69 Å². The molecule has 0 atom stereocenters. The molecule has 1 aliphatic rings. The van der Waals surface area contributed by atoms with Gasteiger partial charge in [0.15, 0.2) is 0 Å². The summed E-state index contributed by atoms with van der Waals surface area (Å²) in [6.07, 6.45) is 5.23. The quantitative estimate of drug-likeness (QED) is 0.491. The van der Waals surface area contributed by atoms with Crippen LogP contribution >= 0.6 is 15.9 Å². The highest BCUT2D eigenvalue weighted by Gasteiger charge is 2.20. The van der Waals surface area contributed by atoms with E-state index in [0.29, 0.717) is 0 Å². The Morgan fingerprint density at radius 1 is 1.47 bits per heavy atom. The predicted molar refractivity (Wildman–Crippen MR) is 71.2 cm³/mol. The van der Waals surface area contributed by atoms with Gasteiger partial charge >= 0.3 is 0 Å². The molecule has 0 amide bonds. The van der Waals surface area contributed by atoms with Crippen LogP contribution in [0.15, 0.2) is 22.7 Å². The molecule has 2 rings (SSSR count). The van der Waals surface area contributed by atoms with Gasteiger partial charge in [-0.1, -0.05) is 12.8 Å². The molecule has 5 heteroatoms. The summed E-state index contributed by atoms with van der Waals surface area (Å²) in [5, 5.41) is 13.9. The molecule has 0 radical (unpaired) electrons. The first-order valence-electron chi connectivity index (χ1n) is 5.84. The average molecular weight is 299 g/mol. The van der Waals surface area contributed by atoms with E-state index in [1.165, 1.54) is 31.4 Å². The van der Waals surface area contributed by atoms with E-state index in [1.54, 1.807) is 6.07 Å². The summed E-state index contributed by atoms with van der Waals surface area (Å²) in [5.74, 6) is 0.956. The molecule has 0 unspecified atom stereocenters. The summed E-state index contributed by atoms with van der Waals surface area (Å²) in [6.45, 7) is 0.924. The highest BCUT2D eigenvalue weighted by molar-refractivity contribution is 9.10. The average Bonchev–Trinajstić information content (AvgIpc) is 3.09. The lowest BCUT2D eigenvalue weighted by Crippen LogP contribution is -2.02. The number of non-ortho nitro benzene ring substituents is 1. The first kappa shape index (κ1) is 12.4. The number of nitro benzene ring substituents is 1. The van der Waals surface area contributed by atoms with Crippen molar-refractivity contribution in [2.45, 2.75) is 25.7 Å². The van der Waals surface area contributed by atoms with Crippen LogP contribution in [0.1, 0.15) is 25.7 Å². The molecule has 1 fully saturated rings. The third-order valence-electron chi connectivity index (χ3n) is 2.97. The lowest BCUT2D eigenvalue weighted by molar-refractivity contribution is -0.384. The zero-order valence-corrected chi connectivity index (χ0v) is 11.1. The van der Waals surface area contributed by atoms with Gasteiger partial charge in [-0.25, -0.2) is 0 Å². The molecular weight excluding hydrogens is 284 g/mol. The number of rotatable bonds is 6. The van der Waals surface area contributed by atoms with Crippen molar-refractivity contribution in [3.05, 3.63) is 32.8 Å². The fraction of sp³-hybridized carbons (Fsp3) is 0.500. The van der Waals surface area contributed by atoms with Gasteiger partial charge in [0.05, 0.1) is 4.92 Å². The van der Waals surface area contributed by atoms with Crippen molar-refractivity contribution in [3.8, 4) is 0 Å². The highest BCUT2D eigenvalue weighted by Crippen LogP contribution is 2.33. The Bertz CT molecular complexity index is 419. The molecule has 0 heterocycles. The minimum absolute atomic E-state index is 0.111. The van der Waals surface area contributed by atoms with Gasteiger partial charge in [-0.15, -0.1) is 0 Å². The fourth-order valence-electron chi connectivity index (χ4n) is 1.78. The fourth-order valence-corrected chi connectivity index (χ4v) is 2.29. The van der Waals surface area contributed by atoms with Crippen molar-refractivity contribution >= 4 is 27.3 Å². The molecule has 4 nitrogen and oxygen atoms in total. The molecule has 1 aromatic rings. The van der Waals surface area contributed by atoms with Gasteiger partial charge in [0.1, 0.15) is 0 Å². The molecule has 0 spiro atoms. The topological polar surface area (TPSA) is 55.2 Å². The Hall–Kier alpha value is -1.10. The number of halogens is 1. The van der Waals surface area contributed by atoms with Crippen LogP contribution in [0.3, 0.4) is 0 Å². The van der Waals surface area contributed by atoms with Crippen molar-refractivity contribution in [2.75, 3.05) is 11.9 Å². The van der Waals surface area contributed by atoms with E-state index >= 15 is 0 Å². The van der Waals surface area contributed by atoms with Crippen LogP contribution in [-0.2, 0) is 0 Å². The van der Waals surface area contributed by atoms with Gasteiger partial charge in [0.2, 0.25) is 0 Å². The first-order valence-corrected chi connectivity index (χ1v) is 6.64. The summed E-state index contributed by atoms with van der Waals surface area (Å²) in [5.41, 5.74) is 1.03. The molecule has 1 saturated carbocycles. The van der Waals surface area contributed by atoms with Crippen molar-refractivity contribution in [3.63, 3.8) is 0 Å². The largest absolute Gasteiger partial charge is 0.384 e. The van der Waals surface area contributed by atoms with Crippen molar-refractivity contribution in [2.24, 2.45) is 5.92 Å². The third kappa shape index (κ3) is 3.70. The van der Waals surface area contributed by atoms with E-state index in [9.17, 15) is 10.1 Å². The SMILES string of the molecule is O=[N+]([O-])c1ccc(NCCCC2CC2)c(Br)c1. The number of nitrogens with one attached hydrogen (secondary N) is 1. The van der Waals surface area contributed by atoms with Crippen molar-refractivity contribution in [1.82, 2.24) is 0 Å². The molecule has 1 aliphatic carbocycles. The second-order valence-corrected chi connectivity index (χ2v) is 5.29. The molecule has 1 aromatic carbocycles. The standard InChI is InChI=1S/C12H15BrN2O2/c13-11-8-10(15(16)17)5-6-12(11)14-7-1-2-9-3-4-9/h5-6,8-9,14H,1-4,7H2.